The predicted octanol–water partition coefficient (Wildman–Crippen LogP) is 2.82. The highest BCUT2D eigenvalue weighted by Gasteiger charge is 2.35. The Labute approximate surface area is 215 Å². The van der Waals surface area contributed by atoms with Gasteiger partial charge in [0.05, 0.1) is 24.5 Å². The van der Waals surface area contributed by atoms with Crippen LogP contribution in [0.2, 0.25) is 0 Å². The van der Waals surface area contributed by atoms with Gasteiger partial charge in [-0.1, -0.05) is 31.4 Å². The quantitative estimate of drug-likeness (QED) is 0.615. The van der Waals surface area contributed by atoms with Crippen LogP contribution in [0, 0.1) is 0 Å². The van der Waals surface area contributed by atoms with Crippen LogP contribution in [-0.2, 0) is 20.9 Å². The van der Waals surface area contributed by atoms with Crippen LogP contribution in [0.15, 0.2) is 61.0 Å². The van der Waals surface area contributed by atoms with Gasteiger partial charge < -0.3 is 19.9 Å². The van der Waals surface area contributed by atoms with Crippen molar-refractivity contribution in [3.05, 3.63) is 72.1 Å². The number of hydrogen-bond acceptors (Lipinski definition) is 5. The predicted molar refractivity (Wildman–Crippen MR) is 137 cm³/mol. The van der Waals surface area contributed by atoms with Crippen LogP contribution in [0.1, 0.15) is 35.7 Å². The molecule has 0 unspecified atom stereocenters. The van der Waals surface area contributed by atoms with Gasteiger partial charge in [-0.05, 0) is 47.7 Å². The molecule has 0 bridgehead atoms. The molecule has 9 nitrogen and oxygen atoms in total. The largest absolute Gasteiger partial charge is 0.490 e. The van der Waals surface area contributed by atoms with E-state index in [1.165, 1.54) is 11.8 Å². The molecular weight excluding hydrogens is 472 g/mol. The molecule has 0 saturated heterocycles. The third kappa shape index (κ3) is 4.37. The average molecular weight is 501 g/mol. The van der Waals surface area contributed by atoms with E-state index in [0.29, 0.717) is 30.2 Å². The Morgan fingerprint density at radius 2 is 1.81 bits per heavy atom. The molecule has 3 aliphatic rings. The lowest BCUT2D eigenvalue weighted by atomic mass is 9.96. The van der Waals surface area contributed by atoms with Crippen molar-refractivity contribution in [1.29, 1.82) is 0 Å². The van der Waals surface area contributed by atoms with Gasteiger partial charge in [-0.15, -0.1) is 0 Å². The molecule has 4 amide bonds. The molecule has 1 N–H and O–H groups in total. The van der Waals surface area contributed by atoms with Crippen molar-refractivity contribution in [3.8, 4) is 16.9 Å². The minimum atomic E-state index is -0.656. The number of benzene rings is 2. The van der Waals surface area contributed by atoms with Gasteiger partial charge in [0.1, 0.15) is 18.1 Å². The highest BCUT2D eigenvalue weighted by Crippen LogP contribution is 2.39. The van der Waals surface area contributed by atoms with Gasteiger partial charge in [-0.25, -0.2) is 0 Å². The van der Waals surface area contributed by atoms with Crippen LogP contribution in [-0.4, -0.2) is 59.7 Å². The van der Waals surface area contributed by atoms with E-state index in [4.69, 9.17) is 4.74 Å². The van der Waals surface area contributed by atoms with Crippen molar-refractivity contribution >= 4 is 29.3 Å². The van der Waals surface area contributed by atoms with E-state index in [1.807, 2.05) is 24.3 Å². The third-order valence-electron chi connectivity index (χ3n) is 7.01. The molecule has 1 saturated carbocycles. The number of amides is 4. The van der Waals surface area contributed by atoms with Crippen molar-refractivity contribution in [2.75, 3.05) is 25.1 Å². The molecule has 5 rings (SSSR count). The van der Waals surface area contributed by atoms with Crippen molar-refractivity contribution in [1.82, 2.24) is 15.1 Å². The highest BCUT2D eigenvalue weighted by atomic mass is 16.5. The minimum Gasteiger partial charge on any atom is -0.490 e. The standard InChI is InChI=1S/C28H28N4O5/c1-16(27(35)30(4)20-9-10-20)29-26(34)17(2)32-15-23-21(6-5-7-22(23)28(32)36)19-8-11-24-25(14-19)37-13-12-31(24)18(3)33/h5-8,11,14,20H,1-2,9-10,12-13,15H2,3-4H3,(H,29,34). The molecule has 37 heavy (non-hydrogen) atoms. The number of carbonyl (C=O) groups is 4. The Hall–Kier alpha value is -4.40. The van der Waals surface area contributed by atoms with Gasteiger partial charge in [0, 0.05) is 25.6 Å². The van der Waals surface area contributed by atoms with E-state index in [9.17, 15) is 19.2 Å². The van der Waals surface area contributed by atoms with E-state index in [2.05, 4.69) is 18.5 Å². The number of nitrogens with zero attached hydrogens (tertiary/aromatic N) is 3. The molecular formula is C28H28N4O5. The van der Waals surface area contributed by atoms with E-state index in [-0.39, 0.29) is 41.7 Å². The summed E-state index contributed by atoms with van der Waals surface area (Å²) in [6, 6.07) is 11.2. The fourth-order valence-electron chi connectivity index (χ4n) is 4.76. The lowest BCUT2D eigenvalue weighted by molar-refractivity contribution is -0.128. The maximum atomic E-state index is 13.2. The summed E-state index contributed by atoms with van der Waals surface area (Å²) in [5.41, 5.74) is 3.45. The molecule has 2 aromatic rings. The molecule has 9 heteroatoms. The molecule has 0 radical (unpaired) electrons. The molecule has 2 aromatic carbocycles. The third-order valence-corrected chi connectivity index (χ3v) is 7.01. The van der Waals surface area contributed by atoms with Gasteiger partial charge in [0.25, 0.3) is 17.7 Å². The molecule has 0 atom stereocenters. The van der Waals surface area contributed by atoms with E-state index in [1.54, 1.807) is 29.0 Å². The summed E-state index contributed by atoms with van der Waals surface area (Å²) in [6.07, 6.45) is 1.87. The average Bonchev–Trinajstić information content (AvgIpc) is 3.69. The first-order valence-corrected chi connectivity index (χ1v) is 12.1. The summed E-state index contributed by atoms with van der Waals surface area (Å²) >= 11 is 0. The van der Waals surface area contributed by atoms with E-state index < -0.39 is 5.91 Å². The van der Waals surface area contributed by atoms with Crippen LogP contribution in [0.25, 0.3) is 11.1 Å². The Bertz CT molecular complexity index is 1380. The number of fused-ring (bicyclic) bond motifs is 2. The van der Waals surface area contributed by atoms with Crippen LogP contribution < -0.4 is 15.0 Å². The van der Waals surface area contributed by atoms with Gasteiger partial charge in [0.15, 0.2) is 0 Å². The summed E-state index contributed by atoms with van der Waals surface area (Å²) in [6.45, 7) is 10.1. The Morgan fingerprint density at radius 1 is 1.08 bits per heavy atom. The summed E-state index contributed by atoms with van der Waals surface area (Å²) in [4.78, 5) is 55.1. The lowest BCUT2D eigenvalue weighted by Gasteiger charge is -2.29. The Morgan fingerprint density at radius 3 is 2.51 bits per heavy atom. The summed E-state index contributed by atoms with van der Waals surface area (Å²) < 4.78 is 5.81. The molecule has 190 valence electrons. The lowest BCUT2D eigenvalue weighted by Crippen LogP contribution is -2.40. The first-order chi connectivity index (χ1) is 17.7. The fraction of sp³-hybridized carbons (Fsp3) is 0.286. The number of ether oxygens (including phenoxy) is 1. The van der Waals surface area contributed by atoms with Crippen LogP contribution in [0.4, 0.5) is 5.69 Å². The number of hydrogen-bond donors (Lipinski definition) is 1. The maximum absolute atomic E-state index is 13.2. The zero-order valence-electron chi connectivity index (χ0n) is 20.9. The van der Waals surface area contributed by atoms with Gasteiger partial charge in [-0.3, -0.25) is 24.1 Å². The molecule has 0 aromatic heterocycles. The number of nitrogens with one attached hydrogen (secondary N) is 1. The van der Waals surface area contributed by atoms with Crippen molar-refractivity contribution in [2.24, 2.45) is 0 Å². The van der Waals surface area contributed by atoms with Crippen molar-refractivity contribution in [2.45, 2.75) is 32.4 Å². The monoisotopic (exact) mass is 500 g/mol. The molecule has 2 aliphatic heterocycles. The Kier molecular flexibility index (Phi) is 6.07. The zero-order chi connectivity index (χ0) is 26.4. The molecule has 0 spiro atoms. The number of carbonyl (C=O) groups excluding carboxylic acids is 4. The summed E-state index contributed by atoms with van der Waals surface area (Å²) in [7, 11) is 1.68. The zero-order valence-corrected chi connectivity index (χ0v) is 20.9. The topological polar surface area (TPSA) is 99.3 Å². The minimum absolute atomic E-state index is 0.0560. The van der Waals surface area contributed by atoms with Gasteiger partial charge in [-0.2, -0.15) is 0 Å². The van der Waals surface area contributed by atoms with E-state index in [0.717, 1.165) is 29.5 Å². The molecule has 1 aliphatic carbocycles. The van der Waals surface area contributed by atoms with Crippen LogP contribution >= 0.6 is 0 Å². The first-order valence-electron chi connectivity index (χ1n) is 12.1. The molecule has 1 fully saturated rings. The maximum Gasteiger partial charge on any atom is 0.271 e. The second-order valence-electron chi connectivity index (χ2n) is 9.45. The molecule has 2 heterocycles. The first kappa shape index (κ1) is 24.3. The fourth-order valence-corrected chi connectivity index (χ4v) is 4.76. The van der Waals surface area contributed by atoms with Crippen LogP contribution in [0.5, 0.6) is 5.75 Å². The normalized spacial score (nSPS) is 15.9. The second kappa shape index (κ2) is 9.24. The second-order valence-corrected chi connectivity index (χ2v) is 9.45. The number of rotatable bonds is 6. The number of anilines is 1. The SMILES string of the molecule is C=C(NC(=O)C(=C)N1Cc2c(cccc2-c2ccc3c(c2)OCCN3C(C)=O)C1=O)C(=O)N(C)C1CC1. The smallest absolute Gasteiger partial charge is 0.271 e. The Balaban J connectivity index is 1.35. The van der Waals surface area contributed by atoms with Crippen molar-refractivity contribution < 1.29 is 23.9 Å². The summed E-state index contributed by atoms with van der Waals surface area (Å²) in [5.74, 6) is -0.821. The van der Waals surface area contributed by atoms with Gasteiger partial charge in [0.2, 0.25) is 5.91 Å². The van der Waals surface area contributed by atoms with Crippen LogP contribution in [0.3, 0.4) is 0 Å². The van der Waals surface area contributed by atoms with Crippen molar-refractivity contribution in [3.63, 3.8) is 0 Å². The van der Waals surface area contributed by atoms with E-state index >= 15 is 0 Å². The highest BCUT2D eigenvalue weighted by molar-refractivity contribution is 6.08. The summed E-state index contributed by atoms with van der Waals surface area (Å²) in [5, 5.41) is 2.49. The number of likely N-dealkylation sites (N-methyl/N-ethyl adjacent to an activating group) is 1. The van der Waals surface area contributed by atoms with Gasteiger partial charge >= 0.3 is 0 Å².